The van der Waals surface area contributed by atoms with Gasteiger partial charge in [0.2, 0.25) is 17.7 Å². The van der Waals surface area contributed by atoms with Crippen molar-refractivity contribution in [2.24, 2.45) is 0 Å². The lowest BCUT2D eigenvalue weighted by Crippen LogP contribution is -2.47. The molecule has 3 heterocycles. The van der Waals surface area contributed by atoms with E-state index in [-0.39, 0.29) is 11.7 Å². The maximum Gasteiger partial charge on any atom is 0.329 e. The van der Waals surface area contributed by atoms with Gasteiger partial charge in [-0.1, -0.05) is 0 Å². The lowest BCUT2D eigenvalue weighted by molar-refractivity contribution is -0.384. The molecule has 1 saturated carbocycles. The first-order chi connectivity index (χ1) is 12.2. The largest absolute Gasteiger partial charge is 0.361 e. The molecule has 25 heavy (non-hydrogen) atoms. The fourth-order valence-electron chi connectivity index (χ4n) is 2.74. The molecule has 2 aliphatic rings. The molecule has 2 aromatic rings. The lowest BCUT2D eigenvalue weighted by Gasteiger charge is -2.34. The molecule has 0 atom stereocenters. The molecule has 0 aromatic carbocycles. The molecule has 1 aliphatic carbocycles. The van der Waals surface area contributed by atoms with E-state index in [4.69, 9.17) is 0 Å². The summed E-state index contributed by atoms with van der Waals surface area (Å²) < 4.78 is 0. The third kappa shape index (κ3) is 3.42. The Labute approximate surface area is 144 Å². The number of aromatic nitrogens is 4. The van der Waals surface area contributed by atoms with Crippen LogP contribution in [-0.4, -0.2) is 57.1 Å². The summed E-state index contributed by atoms with van der Waals surface area (Å²) in [6.07, 6.45) is 6.78. The van der Waals surface area contributed by atoms with Gasteiger partial charge in [0.25, 0.3) is 0 Å². The van der Waals surface area contributed by atoms with Crippen LogP contribution in [0.15, 0.2) is 24.7 Å². The van der Waals surface area contributed by atoms with Crippen LogP contribution in [-0.2, 0) is 0 Å². The smallest absolute Gasteiger partial charge is 0.329 e. The minimum Gasteiger partial charge on any atom is -0.361 e. The minimum atomic E-state index is -0.445. The number of nitrogens with zero attached hydrogens (tertiary/aromatic N) is 7. The van der Waals surface area contributed by atoms with Gasteiger partial charge in [-0.05, 0) is 18.9 Å². The fraction of sp³-hybridized carbons (Fsp3) is 0.467. The van der Waals surface area contributed by atoms with E-state index in [1.54, 1.807) is 18.5 Å². The monoisotopic (exact) mass is 342 g/mol. The quantitative estimate of drug-likeness (QED) is 0.629. The van der Waals surface area contributed by atoms with Crippen LogP contribution in [0.5, 0.6) is 0 Å². The Morgan fingerprint density at radius 2 is 1.68 bits per heavy atom. The number of anilines is 3. The average Bonchev–Trinajstić information content (AvgIpc) is 3.46. The highest BCUT2D eigenvalue weighted by Gasteiger charge is 2.28. The first-order valence-corrected chi connectivity index (χ1v) is 8.25. The van der Waals surface area contributed by atoms with Crippen molar-refractivity contribution in [2.45, 2.75) is 18.9 Å². The van der Waals surface area contributed by atoms with E-state index < -0.39 is 4.92 Å². The molecule has 2 fully saturated rings. The number of rotatable bonds is 5. The zero-order valence-electron chi connectivity index (χ0n) is 13.6. The number of nitrogens with one attached hydrogen (secondary N) is 1. The van der Waals surface area contributed by atoms with Gasteiger partial charge in [0.15, 0.2) is 0 Å². The second-order valence-electron chi connectivity index (χ2n) is 6.10. The van der Waals surface area contributed by atoms with Gasteiger partial charge in [0.1, 0.15) is 6.20 Å². The van der Waals surface area contributed by atoms with Crippen molar-refractivity contribution in [2.75, 3.05) is 41.3 Å². The number of hydrogen-bond donors (Lipinski definition) is 1. The highest BCUT2D eigenvalue weighted by atomic mass is 16.6. The Bertz CT molecular complexity index is 759. The van der Waals surface area contributed by atoms with E-state index in [0.717, 1.165) is 25.9 Å². The summed E-state index contributed by atoms with van der Waals surface area (Å²) in [6, 6.07) is 2.08. The molecule has 0 bridgehead atoms. The Morgan fingerprint density at radius 3 is 2.28 bits per heavy atom. The van der Waals surface area contributed by atoms with Crippen LogP contribution in [0.2, 0.25) is 0 Å². The summed E-state index contributed by atoms with van der Waals surface area (Å²) in [5.74, 6) is 1.54. The van der Waals surface area contributed by atoms with Crippen LogP contribution in [0.1, 0.15) is 12.8 Å². The van der Waals surface area contributed by atoms with Crippen LogP contribution >= 0.6 is 0 Å². The molecule has 0 radical (unpaired) electrons. The molecule has 1 aliphatic heterocycles. The van der Waals surface area contributed by atoms with E-state index in [0.29, 0.717) is 30.8 Å². The van der Waals surface area contributed by atoms with Crippen molar-refractivity contribution in [3.8, 4) is 0 Å². The Balaban J connectivity index is 1.48. The van der Waals surface area contributed by atoms with E-state index >= 15 is 0 Å². The predicted octanol–water partition coefficient (Wildman–Crippen LogP) is 1.08. The number of nitro groups is 1. The van der Waals surface area contributed by atoms with E-state index in [1.807, 2.05) is 4.90 Å². The van der Waals surface area contributed by atoms with Crippen LogP contribution in [0, 0.1) is 10.1 Å². The molecule has 0 unspecified atom stereocenters. The van der Waals surface area contributed by atoms with E-state index in [9.17, 15) is 10.1 Å². The van der Waals surface area contributed by atoms with Crippen molar-refractivity contribution < 1.29 is 4.92 Å². The number of piperazine rings is 1. The summed E-state index contributed by atoms with van der Waals surface area (Å²) in [7, 11) is 0. The Morgan fingerprint density at radius 1 is 1.04 bits per heavy atom. The molecule has 1 N–H and O–H groups in total. The van der Waals surface area contributed by atoms with E-state index in [2.05, 4.69) is 30.2 Å². The van der Waals surface area contributed by atoms with Gasteiger partial charge in [-0.2, -0.15) is 4.98 Å². The lowest BCUT2D eigenvalue weighted by atomic mass is 10.3. The standard InChI is InChI=1S/C15H18N8O2/c24-23(25)12-10-18-15(20-13(12)19-11-2-3-11)22-8-6-21(7-9-22)14-16-4-1-5-17-14/h1,4-5,10-11H,2-3,6-9H2,(H,18,19,20). The third-order valence-corrected chi connectivity index (χ3v) is 4.27. The first kappa shape index (κ1) is 15.5. The Hall–Kier alpha value is -3.04. The van der Waals surface area contributed by atoms with Gasteiger partial charge >= 0.3 is 5.69 Å². The zero-order chi connectivity index (χ0) is 17.2. The summed E-state index contributed by atoms with van der Waals surface area (Å²) in [4.78, 5) is 32.0. The van der Waals surface area contributed by atoms with Crippen LogP contribution in [0.4, 0.5) is 23.4 Å². The van der Waals surface area contributed by atoms with E-state index in [1.165, 1.54) is 6.20 Å². The maximum atomic E-state index is 11.2. The van der Waals surface area contributed by atoms with Gasteiger partial charge in [0, 0.05) is 44.6 Å². The van der Waals surface area contributed by atoms with Crippen LogP contribution < -0.4 is 15.1 Å². The second kappa shape index (κ2) is 6.46. The summed E-state index contributed by atoms with van der Waals surface area (Å²) in [6.45, 7) is 2.91. The van der Waals surface area contributed by atoms with Crippen LogP contribution in [0.25, 0.3) is 0 Å². The molecule has 0 spiro atoms. The van der Waals surface area contributed by atoms with Gasteiger partial charge < -0.3 is 15.1 Å². The molecule has 4 rings (SSSR count). The predicted molar refractivity (Wildman–Crippen MR) is 91.8 cm³/mol. The highest BCUT2D eigenvalue weighted by molar-refractivity contribution is 5.58. The van der Waals surface area contributed by atoms with Crippen molar-refractivity contribution in [3.05, 3.63) is 34.8 Å². The van der Waals surface area contributed by atoms with Crippen molar-refractivity contribution in [3.63, 3.8) is 0 Å². The zero-order valence-corrected chi connectivity index (χ0v) is 13.6. The maximum absolute atomic E-state index is 11.2. The third-order valence-electron chi connectivity index (χ3n) is 4.27. The normalized spacial score (nSPS) is 17.4. The topological polar surface area (TPSA) is 113 Å². The summed E-state index contributed by atoms with van der Waals surface area (Å²) in [5.41, 5.74) is -0.0769. The minimum absolute atomic E-state index is 0.0769. The molecular formula is C15H18N8O2. The van der Waals surface area contributed by atoms with Gasteiger partial charge in [-0.3, -0.25) is 10.1 Å². The molecular weight excluding hydrogens is 324 g/mol. The summed E-state index contributed by atoms with van der Waals surface area (Å²) in [5, 5.41) is 14.3. The molecule has 2 aromatic heterocycles. The van der Waals surface area contributed by atoms with Crippen LogP contribution in [0.3, 0.4) is 0 Å². The van der Waals surface area contributed by atoms with Crippen molar-refractivity contribution >= 4 is 23.4 Å². The average molecular weight is 342 g/mol. The van der Waals surface area contributed by atoms with Gasteiger partial charge in [-0.25, -0.2) is 15.0 Å². The van der Waals surface area contributed by atoms with Gasteiger partial charge in [0.05, 0.1) is 4.92 Å². The summed E-state index contributed by atoms with van der Waals surface area (Å²) >= 11 is 0. The Kier molecular flexibility index (Phi) is 4.00. The molecule has 10 heteroatoms. The highest BCUT2D eigenvalue weighted by Crippen LogP contribution is 2.30. The van der Waals surface area contributed by atoms with Gasteiger partial charge in [-0.15, -0.1) is 0 Å². The fourth-order valence-corrected chi connectivity index (χ4v) is 2.74. The molecule has 10 nitrogen and oxygen atoms in total. The molecule has 0 amide bonds. The number of hydrogen-bond acceptors (Lipinski definition) is 9. The van der Waals surface area contributed by atoms with Crippen molar-refractivity contribution in [1.82, 2.24) is 19.9 Å². The SMILES string of the molecule is O=[N+]([O-])c1cnc(N2CCN(c3ncccn3)CC2)nc1NC1CC1. The first-order valence-electron chi connectivity index (χ1n) is 8.25. The van der Waals surface area contributed by atoms with Crippen molar-refractivity contribution in [1.29, 1.82) is 0 Å². The molecule has 1 saturated heterocycles. The molecule has 130 valence electrons. The second-order valence-corrected chi connectivity index (χ2v) is 6.10.